The number of anilines is 2. The fourth-order valence-corrected chi connectivity index (χ4v) is 2.14. The molecule has 1 aliphatic rings. The highest BCUT2D eigenvalue weighted by Crippen LogP contribution is 2.27. The Labute approximate surface area is 102 Å². The SMILES string of the molecule is CCc1ccc(N)c(CC)c1NC1=NCCN1. The molecule has 4 N–H and O–H groups in total. The predicted octanol–water partition coefficient (Wildman–Crippen LogP) is 1.76. The molecule has 0 aromatic heterocycles. The molecule has 0 aliphatic carbocycles. The van der Waals surface area contributed by atoms with E-state index >= 15 is 0 Å². The molecule has 0 spiro atoms. The average Bonchev–Trinajstić information content (AvgIpc) is 2.83. The van der Waals surface area contributed by atoms with Gasteiger partial charge < -0.3 is 16.4 Å². The maximum absolute atomic E-state index is 6.03. The van der Waals surface area contributed by atoms with Crippen LogP contribution in [0.3, 0.4) is 0 Å². The Morgan fingerprint density at radius 2 is 2.18 bits per heavy atom. The largest absolute Gasteiger partial charge is 0.398 e. The summed E-state index contributed by atoms with van der Waals surface area (Å²) >= 11 is 0. The third-order valence-electron chi connectivity index (χ3n) is 3.09. The molecule has 92 valence electrons. The maximum Gasteiger partial charge on any atom is 0.195 e. The van der Waals surface area contributed by atoms with Crippen LogP contribution in [0.2, 0.25) is 0 Å². The summed E-state index contributed by atoms with van der Waals surface area (Å²) in [6.45, 7) is 6.03. The Morgan fingerprint density at radius 3 is 2.76 bits per heavy atom. The standard InChI is InChI=1S/C13H20N4/c1-3-9-5-6-11(14)10(4-2)12(9)17-13-15-7-8-16-13/h5-6H,3-4,7-8,14H2,1-2H3,(H2,15,16,17). The van der Waals surface area contributed by atoms with E-state index in [2.05, 4.69) is 35.5 Å². The number of nitrogens with two attached hydrogens (primary N) is 1. The lowest BCUT2D eigenvalue weighted by Crippen LogP contribution is -2.27. The fourth-order valence-electron chi connectivity index (χ4n) is 2.14. The summed E-state index contributed by atoms with van der Waals surface area (Å²) in [7, 11) is 0. The van der Waals surface area contributed by atoms with Gasteiger partial charge in [-0.15, -0.1) is 0 Å². The van der Waals surface area contributed by atoms with E-state index in [1.54, 1.807) is 0 Å². The molecule has 0 amide bonds. The smallest absolute Gasteiger partial charge is 0.195 e. The summed E-state index contributed by atoms with van der Waals surface area (Å²) in [4.78, 5) is 4.37. The van der Waals surface area contributed by atoms with Crippen molar-refractivity contribution in [3.8, 4) is 0 Å². The van der Waals surface area contributed by atoms with Crippen LogP contribution in [0, 0.1) is 0 Å². The summed E-state index contributed by atoms with van der Waals surface area (Å²) in [5, 5.41) is 6.60. The van der Waals surface area contributed by atoms with Gasteiger partial charge in [0, 0.05) is 17.9 Å². The van der Waals surface area contributed by atoms with E-state index < -0.39 is 0 Å². The van der Waals surface area contributed by atoms with Crippen LogP contribution < -0.4 is 16.4 Å². The van der Waals surface area contributed by atoms with Crippen LogP contribution in [-0.2, 0) is 12.8 Å². The van der Waals surface area contributed by atoms with Crippen molar-refractivity contribution in [1.82, 2.24) is 5.32 Å². The van der Waals surface area contributed by atoms with E-state index in [9.17, 15) is 0 Å². The normalized spacial score (nSPS) is 14.4. The van der Waals surface area contributed by atoms with Gasteiger partial charge in [-0.2, -0.15) is 0 Å². The molecule has 1 aromatic rings. The van der Waals surface area contributed by atoms with Crippen molar-refractivity contribution >= 4 is 17.3 Å². The number of nitrogen functional groups attached to an aromatic ring is 1. The number of hydrogen-bond acceptors (Lipinski definition) is 4. The molecule has 0 saturated heterocycles. The van der Waals surface area contributed by atoms with Crippen molar-refractivity contribution in [2.45, 2.75) is 26.7 Å². The van der Waals surface area contributed by atoms with Crippen molar-refractivity contribution in [3.05, 3.63) is 23.3 Å². The Hall–Kier alpha value is -1.71. The van der Waals surface area contributed by atoms with Crippen LogP contribution >= 0.6 is 0 Å². The molecule has 2 rings (SSSR count). The molecule has 1 aromatic carbocycles. The highest BCUT2D eigenvalue weighted by atomic mass is 15.2. The van der Waals surface area contributed by atoms with Crippen LogP contribution in [0.4, 0.5) is 11.4 Å². The quantitative estimate of drug-likeness (QED) is 0.696. The lowest BCUT2D eigenvalue weighted by atomic mass is 10.0. The minimum atomic E-state index is 0.841. The van der Waals surface area contributed by atoms with Crippen LogP contribution in [0.25, 0.3) is 0 Å². The van der Waals surface area contributed by atoms with Crippen molar-refractivity contribution < 1.29 is 0 Å². The number of hydrogen-bond donors (Lipinski definition) is 3. The third kappa shape index (κ3) is 2.35. The lowest BCUT2D eigenvalue weighted by molar-refractivity contribution is 0.958. The number of aliphatic imine (C=N–C) groups is 1. The number of aryl methyl sites for hydroxylation is 1. The first kappa shape index (κ1) is 11.8. The zero-order valence-corrected chi connectivity index (χ0v) is 10.5. The van der Waals surface area contributed by atoms with E-state index in [4.69, 9.17) is 5.73 Å². The molecule has 17 heavy (non-hydrogen) atoms. The number of nitrogens with one attached hydrogen (secondary N) is 2. The van der Waals surface area contributed by atoms with Gasteiger partial charge in [0.2, 0.25) is 0 Å². The molecule has 4 nitrogen and oxygen atoms in total. The first-order valence-corrected chi connectivity index (χ1v) is 6.21. The first-order chi connectivity index (χ1) is 8.26. The summed E-state index contributed by atoms with van der Waals surface area (Å²) in [5.74, 6) is 0.861. The summed E-state index contributed by atoms with van der Waals surface area (Å²) in [6.07, 6.45) is 1.91. The van der Waals surface area contributed by atoms with Crippen LogP contribution in [0.1, 0.15) is 25.0 Å². The van der Waals surface area contributed by atoms with Crippen molar-refractivity contribution in [3.63, 3.8) is 0 Å². The maximum atomic E-state index is 6.03. The molecule has 0 radical (unpaired) electrons. The minimum Gasteiger partial charge on any atom is -0.398 e. The van der Waals surface area contributed by atoms with Gasteiger partial charge in [0.15, 0.2) is 5.96 Å². The zero-order chi connectivity index (χ0) is 12.3. The predicted molar refractivity (Wildman–Crippen MR) is 73.5 cm³/mol. The Balaban J connectivity index is 2.37. The van der Waals surface area contributed by atoms with E-state index in [1.165, 1.54) is 11.1 Å². The van der Waals surface area contributed by atoms with Gasteiger partial charge in [0.1, 0.15) is 0 Å². The second-order valence-corrected chi connectivity index (χ2v) is 4.16. The van der Waals surface area contributed by atoms with Crippen molar-refractivity contribution in [2.24, 2.45) is 4.99 Å². The molecule has 0 atom stereocenters. The average molecular weight is 232 g/mol. The van der Waals surface area contributed by atoms with Gasteiger partial charge in [-0.05, 0) is 30.0 Å². The topological polar surface area (TPSA) is 62.4 Å². The van der Waals surface area contributed by atoms with Gasteiger partial charge in [-0.1, -0.05) is 19.9 Å². The van der Waals surface area contributed by atoms with Crippen molar-refractivity contribution in [1.29, 1.82) is 0 Å². The van der Waals surface area contributed by atoms with Gasteiger partial charge in [0.05, 0.1) is 6.54 Å². The molecule has 0 saturated carbocycles. The molecule has 0 unspecified atom stereocenters. The Morgan fingerprint density at radius 1 is 1.35 bits per heavy atom. The van der Waals surface area contributed by atoms with Gasteiger partial charge in [0.25, 0.3) is 0 Å². The molecule has 0 bridgehead atoms. The van der Waals surface area contributed by atoms with Crippen LogP contribution in [-0.4, -0.2) is 19.0 Å². The molecule has 4 heteroatoms. The number of guanidine groups is 1. The Kier molecular flexibility index (Phi) is 3.52. The van der Waals surface area contributed by atoms with E-state index in [-0.39, 0.29) is 0 Å². The highest BCUT2D eigenvalue weighted by Gasteiger charge is 2.13. The lowest BCUT2D eigenvalue weighted by Gasteiger charge is -2.17. The molecule has 1 heterocycles. The van der Waals surface area contributed by atoms with Crippen LogP contribution in [0.5, 0.6) is 0 Å². The second-order valence-electron chi connectivity index (χ2n) is 4.16. The number of rotatable bonds is 3. The van der Waals surface area contributed by atoms with Gasteiger partial charge in [-0.3, -0.25) is 4.99 Å². The van der Waals surface area contributed by atoms with Gasteiger partial charge >= 0.3 is 0 Å². The minimum absolute atomic E-state index is 0.841. The summed E-state index contributed by atoms with van der Waals surface area (Å²) in [5.41, 5.74) is 10.5. The highest BCUT2D eigenvalue weighted by molar-refractivity contribution is 5.96. The zero-order valence-electron chi connectivity index (χ0n) is 10.5. The molecule has 0 fully saturated rings. The van der Waals surface area contributed by atoms with E-state index in [0.29, 0.717) is 0 Å². The number of benzene rings is 1. The molecule has 1 aliphatic heterocycles. The molecular formula is C13H20N4. The third-order valence-corrected chi connectivity index (χ3v) is 3.09. The second kappa shape index (κ2) is 5.08. The monoisotopic (exact) mass is 232 g/mol. The summed E-state index contributed by atoms with van der Waals surface area (Å²) < 4.78 is 0. The van der Waals surface area contributed by atoms with E-state index in [1.807, 2.05) is 6.07 Å². The first-order valence-electron chi connectivity index (χ1n) is 6.21. The van der Waals surface area contributed by atoms with Gasteiger partial charge in [-0.25, -0.2) is 0 Å². The van der Waals surface area contributed by atoms with Crippen LogP contribution in [0.15, 0.2) is 17.1 Å². The molecular weight excluding hydrogens is 212 g/mol. The number of nitrogens with zero attached hydrogens (tertiary/aromatic N) is 1. The van der Waals surface area contributed by atoms with Crippen molar-refractivity contribution in [2.75, 3.05) is 24.1 Å². The Bertz CT molecular complexity index is 437. The summed E-state index contributed by atoms with van der Waals surface area (Å²) in [6, 6.07) is 4.08. The fraction of sp³-hybridized carbons (Fsp3) is 0.462. The van der Waals surface area contributed by atoms with E-state index in [0.717, 1.165) is 43.3 Å².